The largest absolute Gasteiger partial charge is 0.507 e. The molecule has 0 aromatic heterocycles. The molecular weight excluding hydrogens is 709 g/mol. The highest BCUT2D eigenvalue weighted by molar-refractivity contribution is 6.31. The van der Waals surface area contributed by atoms with Crippen molar-refractivity contribution >= 4 is 39.7 Å². The number of benzene rings is 5. The number of hydrogen-bond acceptors (Lipinski definition) is 6. The van der Waals surface area contributed by atoms with Gasteiger partial charge >= 0.3 is 0 Å². The highest BCUT2D eigenvalue weighted by Crippen LogP contribution is 2.65. The zero-order chi connectivity index (χ0) is 38.8. The van der Waals surface area contributed by atoms with Crippen LogP contribution in [0.3, 0.4) is 0 Å². The van der Waals surface area contributed by atoms with Gasteiger partial charge in [0, 0.05) is 54.0 Å². The van der Waals surface area contributed by atoms with Gasteiger partial charge in [0.15, 0.2) is 11.6 Å². The third-order valence-electron chi connectivity index (χ3n) is 13.8. The smallest absolute Gasteiger partial charge is 0.233 e. The van der Waals surface area contributed by atoms with Crippen LogP contribution in [-0.2, 0) is 31.1 Å². The molecular formula is C50H44N2O5. The van der Waals surface area contributed by atoms with Crippen LogP contribution in [0.2, 0.25) is 0 Å². The fraction of sp³-hybridized carbons (Fsp3) is 0.280. The second-order valence-corrected chi connectivity index (χ2v) is 16.6. The molecule has 1 N–H and O–H groups in total. The number of likely N-dealkylation sites (tertiary alicyclic amines) is 2. The van der Waals surface area contributed by atoms with E-state index in [1.807, 2.05) is 115 Å². The van der Waals surface area contributed by atoms with Crippen LogP contribution < -0.4 is 0 Å². The van der Waals surface area contributed by atoms with Crippen LogP contribution in [0.25, 0.3) is 16.3 Å². The van der Waals surface area contributed by atoms with Crippen LogP contribution >= 0.6 is 0 Å². The first-order valence-corrected chi connectivity index (χ1v) is 20.3. The Kier molecular flexibility index (Phi) is 8.67. The van der Waals surface area contributed by atoms with E-state index in [1.165, 1.54) is 11.6 Å². The van der Waals surface area contributed by atoms with Gasteiger partial charge in [-0.15, -0.1) is 0 Å². The number of carbonyl (C=O) groups is 4. The van der Waals surface area contributed by atoms with Crippen molar-refractivity contribution < 1.29 is 24.3 Å². The lowest BCUT2D eigenvalue weighted by Gasteiger charge is -2.55. The van der Waals surface area contributed by atoms with E-state index in [4.69, 9.17) is 0 Å². The summed E-state index contributed by atoms with van der Waals surface area (Å²) in [6.45, 7) is 2.40. The summed E-state index contributed by atoms with van der Waals surface area (Å²) in [5.74, 6) is -3.88. The standard InChI is InChI=1S/C50H44N2O5/c53-43-29-40(32-14-6-2-7-15-32)47(55)42-28-41-37(45(50(42,43)34-17-8-3-9-18-34)39-21-20-33-16-10-11-19-36(33)46(39)54)22-23-38-44(41)49(57)52(48(38)56)35-24-26-51(27-25-35)30-31-12-4-1-5-13-31/h1-22,29,35,38,41-42,44-45,54H,23-28,30H2. The minimum atomic E-state index is -1.40. The number of ketones is 2. The van der Waals surface area contributed by atoms with Gasteiger partial charge in [0.2, 0.25) is 11.8 Å². The highest BCUT2D eigenvalue weighted by atomic mass is 16.3. The Hall–Kier alpha value is -5.92. The molecule has 0 bridgehead atoms. The average Bonchev–Trinajstić information content (AvgIpc) is 3.51. The third-order valence-corrected chi connectivity index (χ3v) is 13.8. The zero-order valence-electron chi connectivity index (χ0n) is 31.7. The van der Waals surface area contributed by atoms with Gasteiger partial charge < -0.3 is 5.11 Å². The molecule has 1 saturated carbocycles. The number of piperidine rings is 1. The molecule has 5 aromatic carbocycles. The number of hydrogen-bond donors (Lipinski definition) is 1. The van der Waals surface area contributed by atoms with Crippen molar-refractivity contribution in [2.45, 2.75) is 49.6 Å². The lowest BCUT2D eigenvalue weighted by molar-refractivity contribution is -0.144. The molecule has 284 valence electrons. The number of nitrogens with zero attached hydrogens (tertiary/aromatic N) is 2. The molecule has 6 atom stereocenters. The Balaban J connectivity index is 1.09. The van der Waals surface area contributed by atoms with Crippen LogP contribution in [0.1, 0.15) is 53.9 Å². The SMILES string of the molecule is O=C1C(c2ccccc2)=CC(=O)C2(c3ccccc3)C1CC1C(=CCC3C(=O)N(C4CCN(Cc5ccccc5)CC4)C(=O)C31)C2c1ccc2ccccc2c1O. The van der Waals surface area contributed by atoms with E-state index in [2.05, 4.69) is 23.1 Å². The number of fused-ring (bicyclic) bond motifs is 5. The number of rotatable bonds is 6. The van der Waals surface area contributed by atoms with Crippen molar-refractivity contribution in [2.75, 3.05) is 13.1 Å². The minimum Gasteiger partial charge on any atom is -0.507 e. The van der Waals surface area contributed by atoms with Crippen molar-refractivity contribution in [2.24, 2.45) is 23.7 Å². The van der Waals surface area contributed by atoms with Gasteiger partial charge in [-0.05, 0) is 59.8 Å². The molecule has 2 heterocycles. The fourth-order valence-corrected chi connectivity index (χ4v) is 11.3. The molecule has 7 heteroatoms. The summed E-state index contributed by atoms with van der Waals surface area (Å²) in [5.41, 5.74) is 2.98. The van der Waals surface area contributed by atoms with Gasteiger partial charge in [0.25, 0.3) is 0 Å². The van der Waals surface area contributed by atoms with E-state index >= 15 is 9.59 Å². The molecule has 5 aliphatic rings. The number of allylic oxidation sites excluding steroid dienone is 4. The number of amides is 2. The maximum absolute atomic E-state index is 15.4. The first-order chi connectivity index (χ1) is 27.9. The normalized spacial score (nSPS) is 27.8. The second kappa shape index (κ2) is 13.9. The van der Waals surface area contributed by atoms with E-state index < -0.39 is 35.0 Å². The highest BCUT2D eigenvalue weighted by Gasteiger charge is 2.66. The van der Waals surface area contributed by atoms with Gasteiger partial charge in [-0.1, -0.05) is 139 Å². The van der Waals surface area contributed by atoms with Crippen molar-refractivity contribution in [3.05, 3.63) is 167 Å². The summed E-state index contributed by atoms with van der Waals surface area (Å²) < 4.78 is 0. The zero-order valence-corrected chi connectivity index (χ0v) is 31.7. The molecule has 0 radical (unpaired) electrons. The Morgan fingerprint density at radius 3 is 2.11 bits per heavy atom. The quantitative estimate of drug-likeness (QED) is 0.140. The molecule has 3 fully saturated rings. The molecule has 0 spiro atoms. The summed E-state index contributed by atoms with van der Waals surface area (Å²) in [5, 5.41) is 13.8. The Labute approximate surface area is 332 Å². The number of carbonyl (C=O) groups excluding carboxylic acids is 4. The molecule has 7 nitrogen and oxygen atoms in total. The molecule has 10 rings (SSSR count). The first kappa shape index (κ1) is 35.5. The summed E-state index contributed by atoms with van der Waals surface area (Å²) in [4.78, 5) is 64.0. The van der Waals surface area contributed by atoms with Gasteiger partial charge in [-0.3, -0.25) is 29.0 Å². The Morgan fingerprint density at radius 2 is 1.37 bits per heavy atom. The maximum Gasteiger partial charge on any atom is 0.233 e. The molecule has 2 amide bonds. The summed E-state index contributed by atoms with van der Waals surface area (Å²) in [6, 6.07) is 40.5. The predicted molar refractivity (Wildman–Crippen MR) is 219 cm³/mol. The first-order valence-electron chi connectivity index (χ1n) is 20.3. The van der Waals surface area contributed by atoms with Crippen molar-refractivity contribution in [3.63, 3.8) is 0 Å². The van der Waals surface area contributed by atoms with E-state index in [-0.39, 0.29) is 41.6 Å². The number of phenols is 1. The molecule has 2 saturated heterocycles. The van der Waals surface area contributed by atoms with Gasteiger partial charge in [0.1, 0.15) is 5.75 Å². The third kappa shape index (κ3) is 5.50. The van der Waals surface area contributed by atoms with Crippen molar-refractivity contribution in [1.82, 2.24) is 9.80 Å². The van der Waals surface area contributed by atoms with Gasteiger partial charge in [-0.25, -0.2) is 0 Å². The minimum absolute atomic E-state index is 0.0617. The van der Waals surface area contributed by atoms with Crippen molar-refractivity contribution in [3.8, 4) is 5.75 Å². The van der Waals surface area contributed by atoms with Crippen LogP contribution in [0.15, 0.2) is 145 Å². The topological polar surface area (TPSA) is 95.0 Å². The number of imide groups is 1. The number of phenolic OH excluding ortho intramolecular Hbond substituents is 1. The fourth-order valence-electron chi connectivity index (χ4n) is 11.3. The van der Waals surface area contributed by atoms with Crippen LogP contribution in [0, 0.1) is 23.7 Å². The van der Waals surface area contributed by atoms with Crippen LogP contribution in [0.5, 0.6) is 5.75 Å². The number of Topliss-reactive ketones (excluding diaryl/α,β-unsaturated/α-hetero) is 1. The van der Waals surface area contributed by atoms with E-state index in [9.17, 15) is 14.7 Å². The van der Waals surface area contributed by atoms with E-state index in [0.717, 1.165) is 30.6 Å². The van der Waals surface area contributed by atoms with E-state index in [1.54, 1.807) is 4.90 Å². The van der Waals surface area contributed by atoms with Crippen LogP contribution in [-0.4, -0.2) is 57.4 Å². The lowest BCUT2D eigenvalue weighted by atomic mass is 9.44. The number of aromatic hydroxyl groups is 1. The van der Waals surface area contributed by atoms with Crippen molar-refractivity contribution in [1.29, 1.82) is 0 Å². The maximum atomic E-state index is 15.4. The summed E-state index contributed by atoms with van der Waals surface area (Å²) >= 11 is 0. The van der Waals surface area contributed by atoms with Crippen LogP contribution in [0.4, 0.5) is 0 Å². The Bertz CT molecular complexity index is 2490. The molecule has 5 aromatic rings. The molecule has 3 aliphatic carbocycles. The van der Waals surface area contributed by atoms with Gasteiger partial charge in [0.05, 0.1) is 17.3 Å². The van der Waals surface area contributed by atoms with Gasteiger partial charge in [-0.2, -0.15) is 0 Å². The second-order valence-electron chi connectivity index (χ2n) is 16.6. The summed E-state index contributed by atoms with van der Waals surface area (Å²) in [6.07, 6.45) is 5.62. The Morgan fingerprint density at radius 1 is 0.702 bits per heavy atom. The monoisotopic (exact) mass is 752 g/mol. The predicted octanol–water partition coefficient (Wildman–Crippen LogP) is 8.03. The average molecular weight is 753 g/mol. The molecule has 57 heavy (non-hydrogen) atoms. The molecule has 2 aliphatic heterocycles. The lowest BCUT2D eigenvalue weighted by Crippen LogP contribution is -2.59. The molecule has 6 unspecified atom stereocenters. The van der Waals surface area contributed by atoms with E-state index in [0.29, 0.717) is 46.9 Å². The summed E-state index contributed by atoms with van der Waals surface area (Å²) in [7, 11) is 0.